The highest BCUT2D eigenvalue weighted by molar-refractivity contribution is 6.29. The average Bonchev–Trinajstić information content (AvgIpc) is 2.66. The van der Waals surface area contributed by atoms with Gasteiger partial charge in [0.1, 0.15) is 16.7 Å². The van der Waals surface area contributed by atoms with Gasteiger partial charge in [0.05, 0.1) is 5.52 Å². The second-order valence-electron chi connectivity index (χ2n) is 6.50. The van der Waals surface area contributed by atoms with E-state index in [9.17, 15) is 17.6 Å². The average molecular weight is 411 g/mol. The number of rotatable bonds is 2. The van der Waals surface area contributed by atoms with E-state index >= 15 is 0 Å². The molecule has 1 aromatic carbocycles. The van der Waals surface area contributed by atoms with Gasteiger partial charge in [0.2, 0.25) is 0 Å². The Kier molecular flexibility index (Phi) is 4.74. The van der Waals surface area contributed by atoms with Crippen LogP contribution in [0.15, 0.2) is 42.6 Å². The number of halogens is 5. The van der Waals surface area contributed by atoms with Crippen molar-refractivity contribution in [3.63, 3.8) is 0 Å². The van der Waals surface area contributed by atoms with E-state index in [1.54, 1.807) is 12.3 Å². The minimum atomic E-state index is -4.55. The van der Waals surface area contributed by atoms with Crippen LogP contribution in [0.1, 0.15) is 5.69 Å². The van der Waals surface area contributed by atoms with E-state index in [4.69, 9.17) is 11.6 Å². The van der Waals surface area contributed by atoms with Crippen LogP contribution in [0.4, 0.5) is 28.9 Å². The lowest BCUT2D eigenvalue weighted by Crippen LogP contribution is -2.46. The van der Waals surface area contributed by atoms with Gasteiger partial charge in [0, 0.05) is 55.2 Å². The van der Waals surface area contributed by atoms with Crippen LogP contribution >= 0.6 is 11.6 Å². The van der Waals surface area contributed by atoms with E-state index in [1.165, 1.54) is 18.2 Å². The summed E-state index contributed by atoms with van der Waals surface area (Å²) in [7, 11) is 0. The zero-order valence-corrected chi connectivity index (χ0v) is 15.3. The number of fused-ring (bicyclic) bond motifs is 1. The predicted molar refractivity (Wildman–Crippen MR) is 100 cm³/mol. The molecule has 0 amide bonds. The molecule has 3 heterocycles. The third-order valence-electron chi connectivity index (χ3n) is 4.74. The Bertz CT molecular complexity index is 1020. The van der Waals surface area contributed by atoms with E-state index in [0.717, 1.165) is 17.1 Å². The van der Waals surface area contributed by atoms with Crippen LogP contribution < -0.4 is 9.80 Å². The van der Waals surface area contributed by atoms with Crippen molar-refractivity contribution < 1.29 is 17.6 Å². The molecule has 146 valence electrons. The molecule has 0 aliphatic carbocycles. The van der Waals surface area contributed by atoms with Gasteiger partial charge in [0.25, 0.3) is 0 Å². The normalized spacial score (nSPS) is 15.3. The lowest BCUT2D eigenvalue weighted by molar-refractivity contribution is -0.141. The van der Waals surface area contributed by atoms with Gasteiger partial charge in [0.15, 0.2) is 0 Å². The first kappa shape index (κ1) is 18.7. The number of nitrogens with zero attached hydrogens (tertiary/aromatic N) is 4. The molecule has 0 bridgehead atoms. The molecule has 0 spiro atoms. The van der Waals surface area contributed by atoms with E-state index in [1.807, 2.05) is 11.0 Å². The fourth-order valence-electron chi connectivity index (χ4n) is 3.40. The number of pyridine rings is 2. The van der Waals surface area contributed by atoms with E-state index in [0.29, 0.717) is 37.4 Å². The Morgan fingerprint density at radius 3 is 2.36 bits per heavy atom. The largest absolute Gasteiger partial charge is 0.433 e. The standard InChI is InChI=1S/C19H15ClF4N4/c20-18-11-13(10-17(26-18)19(22,23)24)27-5-7-28(8-6-27)16-3-4-25-15-9-12(21)1-2-14(15)16/h1-4,9-11H,5-8H2. The SMILES string of the molecule is Fc1ccc2c(N3CCN(c4cc(Cl)nc(C(F)(F)F)c4)CC3)ccnc2c1. The number of anilines is 2. The molecule has 1 fully saturated rings. The molecule has 1 aliphatic heterocycles. The van der Waals surface area contributed by atoms with Crippen LogP contribution in [0, 0.1) is 5.82 Å². The van der Waals surface area contributed by atoms with Crippen LogP contribution in [0.3, 0.4) is 0 Å². The molecule has 3 aromatic rings. The van der Waals surface area contributed by atoms with Crippen LogP contribution in [0.25, 0.3) is 10.9 Å². The summed E-state index contributed by atoms with van der Waals surface area (Å²) in [6, 6.07) is 8.79. The number of hydrogen-bond acceptors (Lipinski definition) is 4. The summed E-state index contributed by atoms with van der Waals surface area (Å²) >= 11 is 5.79. The molecule has 0 atom stereocenters. The molecule has 0 N–H and O–H groups in total. The fourth-order valence-corrected chi connectivity index (χ4v) is 3.60. The molecule has 0 saturated carbocycles. The third kappa shape index (κ3) is 3.69. The predicted octanol–water partition coefficient (Wildman–Crippen LogP) is 4.77. The summed E-state index contributed by atoms with van der Waals surface area (Å²) in [5.74, 6) is -0.350. The second kappa shape index (κ2) is 7.09. The van der Waals surface area contributed by atoms with Gasteiger partial charge >= 0.3 is 6.18 Å². The highest BCUT2D eigenvalue weighted by Gasteiger charge is 2.34. The van der Waals surface area contributed by atoms with E-state index in [-0.39, 0.29) is 11.0 Å². The first-order valence-corrected chi connectivity index (χ1v) is 8.98. The molecule has 28 heavy (non-hydrogen) atoms. The van der Waals surface area contributed by atoms with Crippen molar-refractivity contribution in [1.82, 2.24) is 9.97 Å². The molecule has 2 aromatic heterocycles. The number of piperazine rings is 1. The zero-order valence-electron chi connectivity index (χ0n) is 14.5. The van der Waals surface area contributed by atoms with Gasteiger partial charge in [-0.25, -0.2) is 9.37 Å². The maximum absolute atomic E-state index is 13.4. The minimum Gasteiger partial charge on any atom is -0.368 e. The highest BCUT2D eigenvalue weighted by Crippen LogP contribution is 2.33. The molecule has 1 aliphatic rings. The van der Waals surface area contributed by atoms with Crippen molar-refractivity contribution >= 4 is 33.9 Å². The van der Waals surface area contributed by atoms with Gasteiger partial charge in [-0.15, -0.1) is 0 Å². The van der Waals surface area contributed by atoms with Crippen molar-refractivity contribution in [2.45, 2.75) is 6.18 Å². The van der Waals surface area contributed by atoms with Crippen molar-refractivity contribution in [2.24, 2.45) is 0 Å². The lowest BCUT2D eigenvalue weighted by Gasteiger charge is -2.38. The van der Waals surface area contributed by atoms with Gasteiger partial charge in [-0.05, 0) is 30.3 Å². The summed E-state index contributed by atoms with van der Waals surface area (Å²) < 4.78 is 52.4. The topological polar surface area (TPSA) is 32.3 Å². The fraction of sp³-hybridized carbons (Fsp3) is 0.263. The maximum Gasteiger partial charge on any atom is 0.433 e. The Balaban J connectivity index is 1.55. The molecule has 9 heteroatoms. The van der Waals surface area contributed by atoms with Crippen LogP contribution in [0.2, 0.25) is 5.15 Å². The monoisotopic (exact) mass is 410 g/mol. The summed E-state index contributed by atoms with van der Waals surface area (Å²) in [4.78, 5) is 11.5. The zero-order chi connectivity index (χ0) is 19.9. The summed E-state index contributed by atoms with van der Waals surface area (Å²) in [5.41, 5.74) is 0.886. The highest BCUT2D eigenvalue weighted by atomic mass is 35.5. The molecule has 0 radical (unpaired) electrons. The molecular weight excluding hydrogens is 396 g/mol. The Hall–Kier alpha value is -2.61. The molecule has 0 unspecified atom stereocenters. The summed E-state index contributed by atoms with van der Waals surface area (Å²) in [6.45, 7) is 2.22. The molecule has 4 nitrogen and oxygen atoms in total. The van der Waals surface area contributed by atoms with Crippen molar-refractivity contribution in [2.75, 3.05) is 36.0 Å². The Morgan fingerprint density at radius 2 is 1.64 bits per heavy atom. The van der Waals surface area contributed by atoms with Gasteiger partial charge in [-0.3, -0.25) is 4.98 Å². The van der Waals surface area contributed by atoms with Crippen LogP contribution in [-0.2, 0) is 6.18 Å². The van der Waals surface area contributed by atoms with E-state index < -0.39 is 11.9 Å². The second-order valence-corrected chi connectivity index (χ2v) is 6.88. The number of hydrogen-bond donors (Lipinski definition) is 0. The van der Waals surface area contributed by atoms with E-state index in [2.05, 4.69) is 14.9 Å². The first-order chi connectivity index (χ1) is 13.3. The molecular formula is C19H15ClF4N4. The number of benzene rings is 1. The summed E-state index contributed by atoms with van der Waals surface area (Å²) in [5, 5.41) is 0.651. The smallest absolute Gasteiger partial charge is 0.368 e. The van der Waals surface area contributed by atoms with Crippen molar-refractivity contribution in [1.29, 1.82) is 0 Å². The third-order valence-corrected chi connectivity index (χ3v) is 4.93. The number of aromatic nitrogens is 2. The van der Waals surface area contributed by atoms with Crippen LogP contribution in [0.5, 0.6) is 0 Å². The van der Waals surface area contributed by atoms with Crippen molar-refractivity contribution in [3.8, 4) is 0 Å². The Labute approximate surface area is 163 Å². The Morgan fingerprint density at radius 1 is 0.929 bits per heavy atom. The van der Waals surface area contributed by atoms with Crippen molar-refractivity contribution in [3.05, 3.63) is 59.3 Å². The first-order valence-electron chi connectivity index (χ1n) is 8.60. The van der Waals surface area contributed by atoms with Crippen LogP contribution in [-0.4, -0.2) is 36.1 Å². The van der Waals surface area contributed by atoms with Gasteiger partial charge in [-0.2, -0.15) is 13.2 Å². The van der Waals surface area contributed by atoms with Gasteiger partial charge < -0.3 is 9.80 Å². The molecule has 1 saturated heterocycles. The minimum absolute atomic E-state index is 0.186. The van der Waals surface area contributed by atoms with Gasteiger partial charge in [-0.1, -0.05) is 11.6 Å². The number of alkyl halides is 3. The lowest BCUT2D eigenvalue weighted by atomic mass is 10.1. The maximum atomic E-state index is 13.4. The summed E-state index contributed by atoms with van der Waals surface area (Å²) in [6.07, 6.45) is -2.92. The quantitative estimate of drug-likeness (QED) is 0.450. The molecule has 4 rings (SSSR count).